The Labute approximate surface area is 396 Å². The van der Waals surface area contributed by atoms with Crippen molar-refractivity contribution in [1.29, 1.82) is 0 Å². The van der Waals surface area contributed by atoms with Gasteiger partial charge in [-0.1, -0.05) is 36.4 Å². The van der Waals surface area contributed by atoms with Gasteiger partial charge in [-0.05, 0) is 54.3 Å². The van der Waals surface area contributed by atoms with Crippen molar-refractivity contribution in [2.45, 2.75) is 27.3 Å². The minimum absolute atomic E-state index is 0.0494. The smallest absolute Gasteiger partial charge is 0.335 e. The first-order valence-corrected chi connectivity index (χ1v) is 23.1. The number of aromatic nitrogens is 4. The lowest BCUT2D eigenvalue weighted by atomic mass is 10.1. The predicted octanol–water partition coefficient (Wildman–Crippen LogP) is 3.66. The highest BCUT2D eigenvalue weighted by Crippen LogP contribution is 2.39. The van der Waals surface area contributed by atoms with Crippen molar-refractivity contribution in [3.05, 3.63) is 65.0 Å². The molecule has 0 aliphatic carbocycles. The van der Waals surface area contributed by atoms with E-state index in [1.54, 1.807) is 0 Å². The van der Waals surface area contributed by atoms with Gasteiger partial charge in [-0.3, -0.25) is 29.5 Å². The minimum Gasteiger partial charge on any atom is -0.378 e. The highest BCUT2D eigenvalue weighted by Gasteiger charge is 2.28. The van der Waals surface area contributed by atoms with Crippen molar-refractivity contribution >= 4 is 73.7 Å². The van der Waals surface area contributed by atoms with E-state index in [1.807, 2.05) is 63.7 Å². The zero-order valence-corrected chi connectivity index (χ0v) is 41.5. The number of para-hydroxylation sites is 2. The quantitative estimate of drug-likeness (QED) is 0.0596. The summed E-state index contributed by atoms with van der Waals surface area (Å²) in [4.78, 5) is 70.3. The number of nitro groups is 1. The average Bonchev–Trinajstić information content (AvgIpc) is 3.74. The van der Waals surface area contributed by atoms with Crippen LogP contribution in [0.2, 0.25) is 0 Å². The van der Waals surface area contributed by atoms with Gasteiger partial charge in [0.15, 0.2) is 17.4 Å². The molecule has 0 bridgehead atoms. The number of imidazole rings is 1. The van der Waals surface area contributed by atoms with Crippen molar-refractivity contribution in [1.82, 2.24) is 49.3 Å². The Morgan fingerprint density at radius 2 is 1.24 bits per heavy atom. The summed E-state index contributed by atoms with van der Waals surface area (Å²) >= 11 is 0. The third-order valence-electron chi connectivity index (χ3n) is 11.8. The normalized spacial score (nSPS) is 14.7. The first-order valence-electron chi connectivity index (χ1n) is 23.1. The molecule has 0 spiro atoms. The molecule has 2 aromatic carbocycles. The number of Topliss-reactive ketones (excluding diaryl/α,β-unsaturated/α-hetero) is 2. The van der Waals surface area contributed by atoms with Crippen molar-refractivity contribution in [3.63, 3.8) is 0 Å². The van der Waals surface area contributed by atoms with Crippen molar-refractivity contribution in [2.75, 3.05) is 163 Å². The van der Waals surface area contributed by atoms with Crippen molar-refractivity contribution in [3.8, 4) is 0 Å². The Morgan fingerprint density at radius 3 is 1.78 bits per heavy atom. The van der Waals surface area contributed by atoms with E-state index in [0.717, 1.165) is 126 Å². The number of benzene rings is 2. The first kappa shape index (κ1) is 53.9. The highest BCUT2D eigenvalue weighted by atomic mass is 16.6. The van der Waals surface area contributed by atoms with Gasteiger partial charge in [0.1, 0.15) is 17.5 Å². The number of nitrogens with zero attached hydrogens (tertiary/aromatic N) is 12. The summed E-state index contributed by atoms with van der Waals surface area (Å²) in [7, 11) is 14.2. The Hall–Kier alpha value is -5.70. The maximum atomic E-state index is 12.1. The number of likely N-dealkylation sites (N-methyl/N-ethyl adjacent to an activating group) is 6. The van der Waals surface area contributed by atoms with Crippen molar-refractivity contribution < 1.29 is 19.3 Å². The number of aldehydes is 1. The molecule has 2 N–H and O–H groups in total. The van der Waals surface area contributed by atoms with Crippen LogP contribution in [-0.4, -0.2) is 214 Å². The van der Waals surface area contributed by atoms with E-state index in [9.17, 15) is 19.7 Å². The average molecular weight is 927 g/mol. The molecule has 5 heterocycles. The Kier molecular flexibility index (Phi) is 21.9. The van der Waals surface area contributed by atoms with Crippen LogP contribution in [0.25, 0.3) is 32.8 Å². The van der Waals surface area contributed by atoms with Gasteiger partial charge >= 0.3 is 5.69 Å². The summed E-state index contributed by atoms with van der Waals surface area (Å²) in [5.74, 6) is 0.606. The van der Waals surface area contributed by atoms with E-state index in [-0.39, 0.29) is 22.2 Å². The Morgan fingerprint density at radius 1 is 0.731 bits per heavy atom. The van der Waals surface area contributed by atoms with E-state index in [4.69, 9.17) is 14.8 Å². The summed E-state index contributed by atoms with van der Waals surface area (Å²) in [6.07, 6.45) is 2.74. The molecule has 0 radical (unpaired) electrons. The number of carbonyl (C=O) groups excluding carboxylic acids is 3. The van der Waals surface area contributed by atoms with Gasteiger partial charge in [0, 0.05) is 143 Å². The molecule has 2 saturated heterocycles. The fraction of sp³-hybridized carbons (Fsp3) is 0.542. The Bertz CT molecular complexity index is 2350. The molecule has 2 aliphatic rings. The number of hydrogen-bond donors (Lipinski definition) is 2. The molecule has 0 unspecified atom stereocenters. The second-order valence-corrected chi connectivity index (χ2v) is 17.3. The van der Waals surface area contributed by atoms with Crippen LogP contribution in [0.15, 0.2) is 54.9 Å². The maximum absolute atomic E-state index is 12.1. The first-order chi connectivity index (χ1) is 32.1. The van der Waals surface area contributed by atoms with Gasteiger partial charge in [0.25, 0.3) is 0 Å². The Balaban J connectivity index is 0.000000248. The van der Waals surface area contributed by atoms with E-state index >= 15 is 0 Å². The largest absolute Gasteiger partial charge is 0.378 e. The molecule has 0 atom stereocenters. The highest BCUT2D eigenvalue weighted by molar-refractivity contribution is 6.35. The standard InChI is InChI=1S/C21H33N7O2.C21H31N7.C4H6O2.C2H4O/c1-24(2)11-14-26(4)21-20(28(29)30)19(17-7-5-6-8-18(17)23-21)22-9-10-27-15-12-25(3)13-16-27;1-22-8-9-26(3)21-19-20(17-6-4-5-7-18(17)24-21)28(16-23-19)15-14-27-12-10-25(2)11-13-27;1-3(5)4(2)6;1-2-3/h5-8H,9-16H2,1-4H3,(H,22,23);4-7,16,22H,8-15H2,1-3H3;1-2H3;2H,1H3. The van der Waals surface area contributed by atoms with E-state index in [0.29, 0.717) is 24.6 Å². The molecule has 7 rings (SSSR count). The van der Waals surface area contributed by atoms with Crippen LogP contribution in [0.3, 0.4) is 0 Å². The zero-order chi connectivity index (χ0) is 49.0. The fourth-order valence-electron chi connectivity index (χ4n) is 7.58. The number of rotatable bonds is 17. The number of pyridine rings is 2. The number of piperazine rings is 2. The molecule has 2 fully saturated rings. The monoisotopic (exact) mass is 927 g/mol. The summed E-state index contributed by atoms with van der Waals surface area (Å²) in [6, 6.07) is 16.0. The number of hydrogen-bond acceptors (Lipinski definition) is 17. The minimum atomic E-state index is -0.380. The van der Waals surface area contributed by atoms with Crippen LogP contribution >= 0.6 is 0 Å². The van der Waals surface area contributed by atoms with Crippen LogP contribution in [-0.2, 0) is 20.9 Å². The van der Waals surface area contributed by atoms with Crippen LogP contribution in [0.4, 0.5) is 23.0 Å². The SMILES string of the molecule is CC(=O)C(C)=O.CC=O.CN(C)CCN(C)c1nc2ccccc2c(NCCN2CCN(C)CC2)c1[N+](=O)[O-].CNCCN(C)c1nc2ccccc2c2c1ncn2CCN1CCN(C)CC1. The summed E-state index contributed by atoms with van der Waals surface area (Å²) in [5.41, 5.74) is 4.60. The van der Waals surface area contributed by atoms with Crippen LogP contribution in [0.1, 0.15) is 20.8 Å². The van der Waals surface area contributed by atoms with Crippen LogP contribution in [0.5, 0.6) is 0 Å². The number of fused-ring (bicyclic) bond motifs is 4. The topological polar surface area (TPSA) is 185 Å². The van der Waals surface area contributed by atoms with Gasteiger partial charge in [-0.2, -0.15) is 0 Å². The number of nitrogens with one attached hydrogen (secondary N) is 2. The summed E-state index contributed by atoms with van der Waals surface area (Å²) in [6.45, 7) is 19.5. The predicted molar refractivity (Wildman–Crippen MR) is 272 cm³/mol. The molecule has 2 aliphatic heterocycles. The number of carbonyl (C=O) groups is 3. The molecule has 0 saturated carbocycles. The van der Waals surface area contributed by atoms with Crippen LogP contribution < -0.4 is 20.4 Å². The van der Waals surface area contributed by atoms with Gasteiger partial charge < -0.3 is 44.5 Å². The van der Waals surface area contributed by atoms with E-state index in [2.05, 4.69) is 95.0 Å². The summed E-state index contributed by atoms with van der Waals surface area (Å²) in [5, 5.41) is 20.7. The molecular formula is C48H74N14O5. The maximum Gasteiger partial charge on any atom is 0.335 e. The molecule has 67 heavy (non-hydrogen) atoms. The third-order valence-corrected chi connectivity index (χ3v) is 11.8. The zero-order valence-electron chi connectivity index (χ0n) is 41.5. The molecule has 19 nitrogen and oxygen atoms in total. The van der Waals surface area contributed by atoms with Gasteiger partial charge in [-0.25, -0.2) is 15.0 Å². The van der Waals surface area contributed by atoms with E-state index in [1.165, 1.54) is 31.7 Å². The van der Waals surface area contributed by atoms with E-state index < -0.39 is 0 Å². The van der Waals surface area contributed by atoms with Crippen LogP contribution in [0, 0.1) is 10.1 Å². The molecule has 3 aromatic heterocycles. The van der Waals surface area contributed by atoms with Crippen molar-refractivity contribution in [2.24, 2.45) is 0 Å². The summed E-state index contributed by atoms with van der Waals surface area (Å²) < 4.78 is 2.31. The number of ketones is 2. The lowest BCUT2D eigenvalue weighted by molar-refractivity contribution is -0.383. The lowest BCUT2D eigenvalue weighted by Gasteiger charge is -2.32. The van der Waals surface area contributed by atoms with Gasteiger partial charge in [0.05, 0.1) is 27.8 Å². The molecular weight excluding hydrogens is 853 g/mol. The van der Waals surface area contributed by atoms with Gasteiger partial charge in [-0.15, -0.1) is 0 Å². The fourth-order valence-corrected chi connectivity index (χ4v) is 7.58. The second-order valence-electron chi connectivity index (χ2n) is 17.3. The molecule has 366 valence electrons. The van der Waals surface area contributed by atoms with Gasteiger partial charge in [0.2, 0.25) is 5.82 Å². The number of anilines is 3. The third kappa shape index (κ3) is 16.0. The molecule has 19 heteroatoms. The molecule has 0 amide bonds. The lowest BCUT2D eigenvalue weighted by Crippen LogP contribution is -2.45. The second kappa shape index (κ2) is 27.2. The molecule has 5 aromatic rings.